The van der Waals surface area contributed by atoms with Crippen molar-refractivity contribution in [3.8, 4) is 11.8 Å². The molecule has 22 heteroatoms. The van der Waals surface area contributed by atoms with Crippen LogP contribution in [0, 0.1) is 58.2 Å². The molecule has 6 rings (SSSR count). The number of ether oxygens (including phenoxy) is 1. The smallest absolute Gasteiger partial charge is 0.475 e. The first-order valence-corrected chi connectivity index (χ1v) is 26.1. The normalized spacial score (nSPS) is 23.9. The van der Waals surface area contributed by atoms with Crippen molar-refractivity contribution >= 4 is 29.8 Å². The standard InChI is InChI=1S/C50H72N4O3.3C2HF3O2/c1-34(2)7-6-8-35(3)43-21-22-44-42-20-19-40-33-41(23-25-48(40,4)45(42)24-26-49(43,44)5)57-47(56)39-17-13-37(14-18-39)10-9-36-11-15-38(16-12-36)46(55)54-50(27-30-51,28-31-52)29-32-53;3*3-2(4,5)1(6)7/h11-19,34-35,41-45H,6-8,20-33,51-53H2,1-5H3,(H,54,55);3*(H,6,7)/t35-,41+,42+,43-,44+,45+,48+,49-;;;/m1.../s1. The summed E-state index contributed by atoms with van der Waals surface area (Å²) in [4.78, 5) is 53.2. The van der Waals surface area contributed by atoms with Gasteiger partial charge in [0.2, 0.25) is 0 Å². The minimum atomic E-state index is -5.08. The third-order valence-electron chi connectivity index (χ3n) is 16.1. The second-order valence-electron chi connectivity index (χ2n) is 21.7. The number of nitrogens with one attached hydrogen (secondary N) is 1. The number of hydrogen-bond acceptors (Lipinski definition) is 9. The highest BCUT2D eigenvalue weighted by Gasteiger charge is 2.59. The number of benzene rings is 2. The van der Waals surface area contributed by atoms with E-state index in [2.05, 4.69) is 57.9 Å². The maximum Gasteiger partial charge on any atom is 0.490 e. The molecule has 1 amide bonds. The van der Waals surface area contributed by atoms with Gasteiger partial charge in [-0.2, -0.15) is 39.5 Å². The summed E-state index contributed by atoms with van der Waals surface area (Å²) in [5, 5.41) is 24.5. The van der Waals surface area contributed by atoms with E-state index in [1.165, 1.54) is 51.4 Å². The zero-order valence-corrected chi connectivity index (χ0v) is 44.7. The average molecular weight is 1120 g/mol. The van der Waals surface area contributed by atoms with Gasteiger partial charge in [-0.3, -0.25) is 4.79 Å². The zero-order chi connectivity index (χ0) is 59.0. The van der Waals surface area contributed by atoms with Crippen molar-refractivity contribution < 1.29 is 83.5 Å². The fourth-order valence-electron chi connectivity index (χ4n) is 12.2. The largest absolute Gasteiger partial charge is 0.490 e. The molecule has 0 radical (unpaired) electrons. The van der Waals surface area contributed by atoms with Gasteiger partial charge in [0.15, 0.2) is 0 Å². The van der Waals surface area contributed by atoms with Crippen LogP contribution in [0.4, 0.5) is 39.5 Å². The van der Waals surface area contributed by atoms with Crippen LogP contribution in [0.2, 0.25) is 0 Å². The molecule has 4 aliphatic carbocycles. The first-order valence-electron chi connectivity index (χ1n) is 26.1. The molecular formula is C56H75F9N4O9. The predicted molar refractivity (Wildman–Crippen MR) is 273 cm³/mol. The third kappa shape index (κ3) is 18.7. The van der Waals surface area contributed by atoms with Crippen LogP contribution in [-0.2, 0) is 19.1 Å². The average Bonchev–Trinajstić information content (AvgIpc) is 3.74. The number of esters is 1. The Morgan fingerprint density at radius 1 is 0.667 bits per heavy atom. The fraction of sp³-hybridized carbons (Fsp3) is 0.625. The summed E-state index contributed by atoms with van der Waals surface area (Å²) in [6.07, 6.45) is 2.91. The molecule has 10 N–H and O–H groups in total. The summed E-state index contributed by atoms with van der Waals surface area (Å²) in [7, 11) is 0. The van der Waals surface area contributed by atoms with Gasteiger partial charge in [0.25, 0.3) is 5.91 Å². The van der Waals surface area contributed by atoms with Crippen LogP contribution in [0.3, 0.4) is 0 Å². The molecule has 0 aromatic heterocycles. The number of allylic oxidation sites excluding steroid dienone is 1. The predicted octanol–water partition coefficient (Wildman–Crippen LogP) is 11.1. The zero-order valence-electron chi connectivity index (χ0n) is 44.7. The Morgan fingerprint density at radius 3 is 1.56 bits per heavy atom. The van der Waals surface area contributed by atoms with Crippen LogP contribution in [0.15, 0.2) is 60.2 Å². The molecule has 8 atom stereocenters. The van der Waals surface area contributed by atoms with Gasteiger partial charge >= 0.3 is 42.4 Å². The van der Waals surface area contributed by atoms with E-state index in [9.17, 15) is 49.1 Å². The van der Waals surface area contributed by atoms with Crippen molar-refractivity contribution in [2.24, 2.45) is 63.5 Å². The van der Waals surface area contributed by atoms with Gasteiger partial charge in [0.05, 0.1) is 5.56 Å². The highest BCUT2D eigenvalue weighted by molar-refractivity contribution is 5.95. The van der Waals surface area contributed by atoms with Gasteiger partial charge in [-0.1, -0.05) is 77.4 Å². The van der Waals surface area contributed by atoms with E-state index < -0.39 is 42.0 Å². The van der Waals surface area contributed by atoms with Crippen LogP contribution in [-0.4, -0.2) is 94.9 Å². The van der Waals surface area contributed by atoms with Gasteiger partial charge in [0, 0.05) is 28.7 Å². The van der Waals surface area contributed by atoms with E-state index in [1.54, 1.807) is 17.7 Å². The molecule has 0 bridgehead atoms. The van der Waals surface area contributed by atoms with E-state index in [1.807, 2.05) is 36.4 Å². The molecule has 0 saturated heterocycles. The Labute approximate surface area is 449 Å². The molecular weight excluding hydrogens is 1040 g/mol. The number of halogens is 9. The Morgan fingerprint density at radius 2 is 1.13 bits per heavy atom. The second-order valence-corrected chi connectivity index (χ2v) is 21.7. The van der Waals surface area contributed by atoms with Crippen molar-refractivity contribution in [3.05, 3.63) is 82.4 Å². The van der Waals surface area contributed by atoms with Gasteiger partial charge in [-0.15, -0.1) is 0 Å². The van der Waals surface area contributed by atoms with Crippen molar-refractivity contribution in [1.29, 1.82) is 0 Å². The summed E-state index contributed by atoms with van der Waals surface area (Å²) in [6.45, 7) is 13.8. The van der Waals surface area contributed by atoms with Crippen LogP contribution in [0.1, 0.15) is 156 Å². The van der Waals surface area contributed by atoms with Gasteiger partial charge in [0.1, 0.15) is 6.10 Å². The molecule has 0 unspecified atom stereocenters. The highest BCUT2D eigenvalue weighted by atomic mass is 19.4. The van der Waals surface area contributed by atoms with E-state index in [0.29, 0.717) is 55.4 Å². The minimum absolute atomic E-state index is 0.0762. The van der Waals surface area contributed by atoms with Crippen molar-refractivity contribution in [1.82, 2.24) is 5.32 Å². The van der Waals surface area contributed by atoms with Crippen molar-refractivity contribution in [2.45, 2.75) is 155 Å². The van der Waals surface area contributed by atoms with Gasteiger partial charge in [-0.25, -0.2) is 19.2 Å². The second kappa shape index (κ2) is 28.5. The number of amides is 1. The Hall–Kier alpha value is -5.66. The molecule has 4 aliphatic rings. The Bertz CT molecular complexity index is 2340. The van der Waals surface area contributed by atoms with E-state index in [-0.39, 0.29) is 23.4 Å². The fourth-order valence-corrected chi connectivity index (χ4v) is 12.2. The topological polar surface area (TPSA) is 245 Å². The summed E-state index contributed by atoms with van der Waals surface area (Å²) < 4.78 is 101. The molecule has 78 heavy (non-hydrogen) atoms. The molecule has 0 aliphatic heterocycles. The molecule has 3 fully saturated rings. The molecule has 0 heterocycles. The molecule has 3 saturated carbocycles. The minimum Gasteiger partial charge on any atom is -0.475 e. The van der Waals surface area contributed by atoms with E-state index in [4.69, 9.17) is 51.6 Å². The maximum absolute atomic E-state index is 13.4. The summed E-state index contributed by atoms with van der Waals surface area (Å²) >= 11 is 0. The number of nitrogens with two attached hydrogens (primary N) is 3. The van der Waals surface area contributed by atoms with E-state index in [0.717, 1.165) is 65.9 Å². The van der Waals surface area contributed by atoms with Gasteiger partial charge in [-0.05, 0) is 179 Å². The van der Waals surface area contributed by atoms with Gasteiger partial charge < -0.3 is 42.6 Å². The number of alkyl halides is 9. The lowest BCUT2D eigenvalue weighted by atomic mass is 9.47. The Balaban J connectivity index is 0.000000641. The lowest BCUT2D eigenvalue weighted by Gasteiger charge is -2.58. The molecule has 0 spiro atoms. The number of hydrogen-bond donors (Lipinski definition) is 7. The monoisotopic (exact) mass is 1120 g/mol. The number of carbonyl (C=O) groups excluding carboxylic acids is 2. The number of carboxylic acids is 3. The number of aliphatic carboxylic acids is 3. The third-order valence-corrected chi connectivity index (χ3v) is 16.1. The molecule has 2 aromatic rings. The quantitative estimate of drug-likeness (QED) is 0.0381. The Kier molecular flexibility index (Phi) is 24.3. The van der Waals surface area contributed by atoms with Crippen LogP contribution in [0.5, 0.6) is 0 Å². The van der Waals surface area contributed by atoms with E-state index >= 15 is 0 Å². The number of rotatable bonds is 15. The van der Waals surface area contributed by atoms with Crippen LogP contribution < -0.4 is 22.5 Å². The summed E-state index contributed by atoms with van der Waals surface area (Å²) in [5.74, 6) is 2.58. The first-order chi connectivity index (χ1) is 36.2. The van der Waals surface area contributed by atoms with Crippen molar-refractivity contribution in [2.75, 3.05) is 19.6 Å². The first kappa shape index (κ1) is 66.6. The maximum atomic E-state index is 13.4. The lowest BCUT2D eigenvalue weighted by molar-refractivity contribution is -0.193. The molecule has 2 aromatic carbocycles. The highest BCUT2D eigenvalue weighted by Crippen LogP contribution is 2.67. The van der Waals surface area contributed by atoms with Crippen LogP contribution >= 0.6 is 0 Å². The number of fused-ring (bicyclic) bond motifs is 5. The van der Waals surface area contributed by atoms with Crippen molar-refractivity contribution in [3.63, 3.8) is 0 Å². The molecule has 436 valence electrons. The van der Waals surface area contributed by atoms with Crippen LogP contribution in [0.25, 0.3) is 0 Å². The summed E-state index contributed by atoms with van der Waals surface area (Å²) in [5.41, 5.74) is 22.0. The molecule has 13 nitrogen and oxygen atoms in total. The lowest BCUT2D eigenvalue weighted by Crippen LogP contribution is -2.52. The summed E-state index contributed by atoms with van der Waals surface area (Å²) in [6, 6.07) is 14.6. The number of carboxylic acid groups (broad SMARTS) is 3. The SMILES string of the molecule is CC(C)CCC[C@@H](C)[C@H]1CC[C@H]2[C@@H]3CC=C4C[C@@H](OC(=O)c5ccc(C#Cc6ccc(C(=O)NC(CCN)(CCN)CCN)cc6)cc5)CC[C@]4(C)[C@H]3CC[C@]12C.O=C(O)C(F)(F)F.O=C(O)C(F)(F)F.O=C(O)C(F)(F)F. The number of carbonyl (C=O) groups is 5.